The lowest BCUT2D eigenvalue weighted by Gasteiger charge is -2.31. The minimum Gasteiger partial charge on any atom is -0.466 e. The highest BCUT2D eigenvalue weighted by Crippen LogP contribution is 2.26. The number of ether oxygens (including phenoxy) is 2. The standard InChI is InChI=1S/C26H33NO3/c1-3-30-26(28)23-13-9-16-27(20-23)17-19-29-18-15-25(22-11-5-4-6-12-22)24-14-8-7-10-21(24)2/h4-8,10-12,14-15,23H,3,9,13,16-20H2,1-2H3/t23-/m1/s1. The van der Waals surface area contributed by atoms with E-state index in [1.54, 1.807) is 0 Å². The fourth-order valence-corrected chi connectivity index (χ4v) is 4.01. The molecular weight excluding hydrogens is 374 g/mol. The number of hydrogen-bond acceptors (Lipinski definition) is 4. The molecule has 0 saturated carbocycles. The van der Waals surface area contributed by atoms with Crippen molar-refractivity contribution in [2.45, 2.75) is 26.7 Å². The summed E-state index contributed by atoms with van der Waals surface area (Å²) < 4.78 is 11.1. The van der Waals surface area contributed by atoms with Gasteiger partial charge in [0.25, 0.3) is 0 Å². The number of piperidine rings is 1. The molecule has 0 aromatic heterocycles. The molecule has 1 aliphatic rings. The van der Waals surface area contributed by atoms with Gasteiger partial charge in [-0.05, 0) is 55.5 Å². The smallest absolute Gasteiger partial charge is 0.310 e. The van der Waals surface area contributed by atoms with Crippen molar-refractivity contribution in [2.75, 3.05) is 39.5 Å². The lowest BCUT2D eigenvalue weighted by atomic mass is 9.94. The third-order valence-electron chi connectivity index (χ3n) is 5.60. The van der Waals surface area contributed by atoms with E-state index < -0.39 is 0 Å². The molecule has 160 valence electrons. The molecule has 2 aromatic rings. The Morgan fingerprint density at radius 1 is 1.13 bits per heavy atom. The van der Waals surface area contributed by atoms with Crippen LogP contribution in [0.1, 0.15) is 36.5 Å². The SMILES string of the molecule is CCOC(=O)[C@@H]1CCCN(CCOCC=C(c2ccccc2)c2ccccc2C)C1. The Labute approximate surface area is 180 Å². The average Bonchev–Trinajstić information content (AvgIpc) is 2.78. The lowest BCUT2D eigenvalue weighted by molar-refractivity contribution is -0.150. The average molecular weight is 408 g/mol. The second-order valence-corrected chi connectivity index (χ2v) is 7.77. The largest absolute Gasteiger partial charge is 0.466 e. The minimum absolute atomic E-state index is 0.00401. The van der Waals surface area contributed by atoms with Crippen molar-refractivity contribution in [2.24, 2.45) is 5.92 Å². The predicted octanol–water partition coefficient (Wildman–Crippen LogP) is 4.72. The van der Waals surface area contributed by atoms with Crippen molar-refractivity contribution in [3.8, 4) is 0 Å². The summed E-state index contributed by atoms with van der Waals surface area (Å²) in [4.78, 5) is 14.3. The highest BCUT2D eigenvalue weighted by Gasteiger charge is 2.26. The molecule has 0 amide bonds. The van der Waals surface area contributed by atoms with E-state index in [1.807, 2.05) is 13.0 Å². The van der Waals surface area contributed by atoms with Gasteiger partial charge in [-0.15, -0.1) is 0 Å². The molecule has 0 radical (unpaired) electrons. The Balaban J connectivity index is 1.55. The van der Waals surface area contributed by atoms with Crippen molar-refractivity contribution >= 4 is 11.5 Å². The van der Waals surface area contributed by atoms with Crippen LogP contribution < -0.4 is 0 Å². The van der Waals surface area contributed by atoms with E-state index in [1.165, 1.54) is 22.3 Å². The highest BCUT2D eigenvalue weighted by atomic mass is 16.5. The van der Waals surface area contributed by atoms with Crippen LogP contribution in [0.4, 0.5) is 0 Å². The Kier molecular flexibility index (Phi) is 8.66. The summed E-state index contributed by atoms with van der Waals surface area (Å²) in [6.07, 6.45) is 4.14. The van der Waals surface area contributed by atoms with Crippen LogP contribution in [0.5, 0.6) is 0 Å². The second kappa shape index (κ2) is 11.7. The first-order chi connectivity index (χ1) is 14.7. The van der Waals surface area contributed by atoms with Gasteiger partial charge in [-0.2, -0.15) is 0 Å². The van der Waals surface area contributed by atoms with Gasteiger partial charge in [0.15, 0.2) is 0 Å². The summed E-state index contributed by atoms with van der Waals surface area (Å²) in [7, 11) is 0. The fraction of sp³-hybridized carbons (Fsp3) is 0.423. The number of carbonyl (C=O) groups excluding carboxylic acids is 1. The predicted molar refractivity (Wildman–Crippen MR) is 121 cm³/mol. The molecule has 1 saturated heterocycles. The Hall–Kier alpha value is -2.43. The van der Waals surface area contributed by atoms with Gasteiger partial charge in [-0.25, -0.2) is 0 Å². The van der Waals surface area contributed by atoms with Crippen LogP contribution >= 0.6 is 0 Å². The Bertz CT molecular complexity index is 831. The van der Waals surface area contributed by atoms with Crippen molar-refractivity contribution in [1.82, 2.24) is 4.90 Å². The van der Waals surface area contributed by atoms with E-state index in [0.717, 1.165) is 32.5 Å². The van der Waals surface area contributed by atoms with Gasteiger partial charge in [-0.1, -0.05) is 60.7 Å². The van der Waals surface area contributed by atoms with Gasteiger partial charge >= 0.3 is 5.97 Å². The number of aryl methyl sites for hydroxylation is 1. The number of nitrogens with zero attached hydrogens (tertiary/aromatic N) is 1. The summed E-state index contributed by atoms with van der Waals surface area (Å²) in [6, 6.07) is 18.9. The van der Waals surface area contributed by atoms with Crippen LogP contribution in [0.2, 0.25) is 0 Å². The van der Waals surface area contributed by atoms with Crippen LogP contribution in [0.3, 0.4) is 0 Å². The van der Waals surface area contributed by atoms with Crippen LogP contribution in [0.25, 0.3) is 5.57 Å². The topological polar surface area (TPSA) is 38.8 Å². The number of hydrogen-bond donors (Lipinski definition) is 0. The maximum absolute atomic E-state index is 12.0. The van der Waals surface area contributed by atoms with Gasteiger partial charge < -0.3 is 14.4 Å². The summed E-state index contributed by atoms with van der Waals surface area (Å²) in [5.41, 5.74) is 4.89. The van der Waals surface area contributed by atoms with Crippen LogP contribution in [0.15, 0.2) is 60.7 Å². The number of esters is 1. The minimum atomic E-state index is -0.0585. The molecule has 1 aliphatic heterocycles. The van der Waals surface area contributed by atoms with Crippen molar-refractivity contribution in [3.05, 3.63) is 77.4 Å². The first-order valence-electron chi connectivity index (χ1n) is 11.0. The molecule has 0 aliphatic carbocycles. The summed E-state index contributed by atoms with van der Waals surface area (Å²) >= 11 is 0. The van der Waals surface area contributed by atoms with Gasteiger partial charge in [0.05, 0.1) is 25.7 Å². The third kappa shape index (κ3) is 6.28. The molecule has 0 bridgehead atoms. The molecule has 0 N–H and O–H groups in total. The third-order valence-corrected chi connectivity index (χ3v) is 5.60. The van der Waals surface area contributed by atoms with E-state index in [-0.39, 0.29) is 11.9 Å². The fourth-order valence-electron chi connectivity index (χ4n) is 4.01. The first kappa shape index (κ1) is 22.3. The normalized spacial score (nSPS) is 17.7. The molecule has 0 unspecified atom stereocenters. The van der Waals surface area contributed by atoms with Gasteiger partial charge in [0, 0.05) is 13.1 Å². The molecule has 4 nitrogen and oxygen atoms in total. The van der Waals surface area contributed by atoms with Gasteiger partial charge in [0.2, 0.25) is 0 Å². The van der Waals surface area contributed by atoms with E-state index >= 15 is 0 Å². The number of carbonyl (C=O) groups is 1. The maximum Gasteiger partial charge on any atom is 0.310 e. The Morgan fingerprint density at radius 2 is 1.90 bits per heavy atom. The van der Waals surface area contributed by atoms with Crippen LogP contribution in [-0.2, 0) is 14.3 Å². The van der Waals surface area contributed by atoms with Crippen molar-refractivity contribution < 1.29 is 14.3 Å². The molecule has 0 spiro atoms. The molecule has 1 fully saturated rings. The zero-order valence-electron chi connectivity index (χ0n) is 18.2. The molecule has 1 heterocycles. The van der Waals surface area contributed by atoms with E-state index in [0.29, 0.717) is 19.8 Å². The molecule has 30 heavy (non-hydrogen) atoms. The molecule has 1 atom stereocenters. The molecule has 2 aromatic carbocycles. The summed E-state index contributed by atoms with van der Waals surface area (Å²) in [5, 5.41) is 0. The van der Waals surface area contributed by atoms with Crippen molar-refractivity contribution in [3.63, 3.8) is 0 Å². The lowest BCUT2D eigenvalue weighted by Crippen LogP contribution is -2.40. The summed E-state index contributed by atoms with van der Waals surface area (Å²) in [6.45, 7) is 8.31. The van der Waals surface area contributed by atoms with Crippen LogP contribution in [0, 0.1) is 12.8 Å². The van der Waals surface area contributed by atoms with E-state index in [9.17, 15) is 4.79 Å². The molecular formula is C26H33NO3. The number of likely N-dealkylation sites (tertiary alicyclic amines) is 1. The van der Waals surface area contributed by atoms with Gasteiger partial charge in [0.1, 0.15) is 0 Å². The number of benzene rings is 2. The highest BCUT2D eigenvalue weighted by molar-refractivity contribution is 5.81. The first-order valence-corrected chi connectivity index (χ1v) is 11.0. The van der Waals surface area contributed by atoms with Crippen molar-refractivity contribution in [1.29, 1.82) is 0 Å². The quantitative estimate of drug-likeness (QED) is 0.445. The molecule has 3 rings (SSSR count). The molecule has 4 heteroatoms. The zero-order valence-corrected chi connectivity index (χ0v) is 18.2. The Morgan fingerprint density at radius 3 is 2.67 bits per heavy atom. The van der Waals surface area contributed by atoms with Crippen LogP contribution in [-0.4, -0.2) is 50.3 Å². The maximum atomic E-state index is 12.0. The summed E-state index contributed by atoms with van der Waals surface area (Å²) in [5.74, 6) is -0.0545. The monoisotopic (exact) mass is 407 g/mol. The van der Waals surface area contributed by atoms with Gasteiger partial charge in [-0.3, -0.25) is 4.79 Å². The van der Waals surface area contributed by atoms with E-state index in [4.69, 9.17) is 9.47 Å². The second-order valence-electron chi connectivity index (χ2n) is 7.77. The number of rotatable bonds is 9. The zero-order chi connectivity index (χ0) is 21.2. The van der Waals surface area contributed by atoms with E-state index in [2.05, 4.69) is 66.4 Å².